The number of amides is 2. The Morgan fingerprint density at radius 1 is 1.30 bits per heavy atom. The first-order valence-electron chi connectivity index (χ1n) is 6.86. The van der Waals surface area contributed by atoms with Crippen molar-refractivity contribution in [2.45, 2.75) is 6.92 Å². The van der Waals surface area contributed by atoms with Gasteiger partial charge in [0.1, 0.15) is 17.3 Å². The number of carbonyl (C=O) groups excluding carboxylic acids is 1. The fourth-order valence-corrected chi connectivity index (χ4v) is 2.35. The Bertz CT molecular complexity index is 865. The van der Waals surface area contributed by atoms with Crippen molar-refractivity contribution >= 4 is 11.8 Å². The van der Waals surface area contributed by atoms with Gasteiger partial charge in [0.05, 0.1) is 11.9 Å². The van der Waals surface area contributed by atoms with Crippen molar-refractivity contribution in [3.05, 3.63) is 48.0 Å². The molecule has 23 heavy (non-hydrogen) atoms. The van der Waals surface area contributed by atoms with Crippen LogP contribution in [-0.2, 0) is 7.05 Å². The van der Waals surface area contributed by atoms with E-state index in [4.69, 9.17) is 5.73 Å². The van der Waals surface area contributed by atoms with Crippen molar-refractivity contribution in [3.63, 3.8) is 0 Å². The molecule has 1 aromatic carbocycles. The van der Waals surface area contributed by atoms with Crippen molar-refractivity contribution in [1.29, 1.82) is 0 Å². The van der Waals surface area contributed by atoms with Crippen LogP contribution in [0.15, 0.2) is 36.7 Å². The van der Waals surface area contributed by atoms with Gasteiger partial charge in [0, 0.05) is 24.4 Å². The Morgan fingerprint density at radius 2 is 2.00 bits per heavy atom. The normalized spacial score (nSPS) is 10.7. The number of aryl methyl sites for hydroxylation is 1. The highest BCUT2D eigenvalue weighted by Crippen LogP contribution is 2.30. The number of aromatic nitrogens is 4. The second-order valence-electron chi connectivity index (χ2n) is 5.10. The summed E-state index contributed by atoms with van der Waals surface area (Å²) in [7, 11) is 1.80. The number of anilines is 1. The first-order chi connectivity index (χ1) is 11.0. The maximum absolute atomic E-state index is 13.1. The molecule has 0 aliphatic rings. The van der Waals surface area contributed by atoms with E-state index in [0.29, 0.717) is 17.2 Å². The van der Waals surface area contributed by atoms with Crippen LogP contribution >= 0.6 is 0 Å². The molecule has 0 fully saturated rings. The molecule has 7 nitrogen and oxygen atoms in total. The van der Waals surface area contributed by atoms with Gasteiger partial charge in [-0.1, -0.05) is 0 Å². The minimum Gasteiger partial charge on any atom is -0.351 e. The molecule has 2 aromatic heterocycles. The largest absolute Gasteiger partial charge is 0.351 e. The maximum Gasteiger partial charge on any atom is 0.317 e. The van der Waals surface area contributed by atoms with Gasteiger partial charge in [-0.25, -0.2) is 13.9 Å². The van der Waals surface area contributed by atoms with Gasteiger partial charge in [-0.2, -0.15) is 10.2 Å². The Kier molecular flexibility index (Phi) is 3.57. The minimum atomic E-state index is -0.700. The van der Waals surface area contributed by atoms with E-state index in [1.807, 2.05) is 13.1 Å². The Morgan fingerprint density at radius 3 is 2.57 bits per heavy atom. The fraction of sp³-hybridized carbons (Fsp3) is 0.133. The molecule has 0 radical (unpaired) electrons. The van der Waals surface area contributed by atoms with Gasteiger partial charge in [0.2, 0.25) is 0 Å². The van der Waals surface area contributed by atoms with Gasteiger partial charge < -0.3 is 5.73 Å². The number of hydrogen-bond acceptors (Lipinski definition) is 3. The topological polar surface area (TPSA) is 90.8 Å². The minimum absolute atomic E-state index is 0.352. The molecule has 118 valence electrons. The number of hydrogen-bond donors (Lipinski definition) is 2. The molecule has 0 aliphatic heterocycles. The van der Waals surface area contributed by atoms with E-state index in [1.54, 1.807) is 30.1 Å². The fourth-order valence-electron chi connectivity index (χ4n) is 2.35. The highest BCUT2D eigenvalue weighted by atomic mass is 19.1. The lowest BCUT2D eigenvalue weighted by molar-refractivity contribution is 0.259. The molecular weight excluding hydrogens is 299 g/mol. The molecule has 2 amide bonds. The lowest BCUT2D eigenvalue weighted by Crippen LogP contribution is -2.21. The molecule has 0 saturated carbocycles. The van der Waals surface area contributed by atoms with Crippen LogP contribution < -0.4 is 11.1 Å². The van der Waals surface area contributed by atoms with Crippen LogP contribution in [0, 0.1) is 12.7 Å². The Balaban J connectivity index is 2.17. The number of primary amides is 1. The molecule has 0 spiro atoms. The summed E-state index contributed by atoms with van der Waals surface area (Å²) in [5.41, 5.74) is 8.05. The van der Waals surface area contributed by atoms with Gasteiger partial charge in [-0.05, 0) is 31.2 Å². The molecule has 0 unspecified atom stereocenters. The van der Waals surface area contributed by atoms with Crippen LogP contribution in [0.4, 0.5) is 15.0 Å². The standard InChI is InChI=1S/C15H15FN6O/c1-9-13(10-7-18-21(2)8-10)20-22(14(9)19-15(17)23)12-5-3-11(16)4-6-12/h3-8H,1-2H3,(H3,17,19,23). The number of halogens is 1. The number of rotatable bonds is 3. The summed E-state index contributed by atoms with van der Waals surface area (Å²) in [5, 5.41) is 11.2. The lowest BCUT2D eigenvalue weighted by atomic mass is 10.1. The predicted octanol–water partition coefficient (Wildman–Crippen LogP) is 2.21. The van der Waals surface area contributed by atoms with Crippen molar-refractivity contribution < 1.29 is 9.18 Å². The number of nitrogens with one attached hydrogen (secondary N) is 1. The summed E-state index contributed by atoms with van der Waals surface area (Å²) >= 11 is 0. The molecule has 8 heteroatoms. The summed E-state index contributed by atoms with van der Waals surface area (Å²) in [5.74, 6) is 0.0810. The Hall–Kier alpha value is -3.16. The molecule has 0 saturated heterocycles. The molecule has 3 rings (SSSR count). The molecular formula is C15H15FN6O. The SMILES string of the molecule is Cc1c(-c2cnn(C)c2)nn(-c2ccc(F)cc2)c1NC(N)=O. The maximum atomic E-state index is 13.1. The second-order valence-corrected chi connectivity index (χ2v) is 5.10. The number of benzene rings is 1. The monoisotopic (exact) mass is 314 g/mol. The quantitative estimate of drug-likeness (QED) is 0.776. The third kappa shape index (κ3) is 2.78. The summed E-state index contributed by atoms with van der Waals surface area (Å²) in [4.78, 5) is 11.3. The number of nitrogens with zero attached hydrogens (tertiary/aromatic N) is 4. The van der Waals surface area contributed by atoms with Gasteiger partial charge in [0.15, 0.2) is 0 Å². The van der Waals surface area contributed by atoms with E-state index < -0.39 is 6.03 Å². The van der Waals surface area contributed by atoms with E-state index in [1.165, 1.54) is 16.8 Å². The highest BCUT2D eigenvalue weighted by molar-refractivity contribution is 5.89. The van der Waals surface area contributed by atoms with Crippen molar-refractivity contribution in [2.24, 2.45) is 12.8 Å². The van der Waals surface area contributed by atoms with Crippen LogP contribution in [0.25, 0.3) is 16.9 Å². The Labute approximate surface area is 131 Å². The van der Waals surface area contributed by atoms with Gasteiger partial charge in [-0.3, -0.25) is 10.00 Å². The molecule has 0 aliphatic carbocycles. The smallest absolute Gasteiger partial charge is 0.317 e. The van der Waals surface area contributed by atoms with Gasteiger partial charge in [0.25, 0.3) is 0 Å². The summed E-state index contributed by atoms with van der Waals surface area (Å²) in [6.07, 6.45) is 3.50. The third-order valence-corrected chi connectivity index (χ3v) is 3.41. The van der Waals surface area contributed by atoms with E-state index in [-0.39, 0.29) is 5.82 Å². The molecule has 0 atom stereocenters. The zero-order valence-corrected chi connectivity index (χ0v) is 12.6. The van der Waals surface area contributed by atoms with E-state index in [9.17, 15) is 9.18 Å². The zero-order chi connectivity index (χ0) is 16.6. The first kappa shape index (κ1) is 14.8. The third-order valence-electron chi connectivity index (χ3n) is 3.41. The summed E-state index contributed by atoms with van der Waals surface area (Å²) < 4.78 is 16.3. The van der Waals surface area contributed by atoms with Crippen molar-refractivity contribution in [2.75, 3.05) is 5.32 Å². The average molecular weight is 314 g/mol. The number of carbonyl (C=O) groups is 1. The summed E-state index contributed by atoms with van der Waals surface area (Å²) in [6, 6.07) is 5.09. The van der Waals surface area contributed by atoms with Crippen LogP contribution in [0.1, 0.15) is 5.56 Å². The average Bonchev–Trinajstić information content (AvgIpc) is 3.05. The summed E-state index contributed by atoms with van der Waals surface area (Å²) in [6.45, 7) is 1.82. The molecule has 3 N–H and O–H groups in total. The molecule has 2 heterocycles. The van der Waals surface area contributed by atoms with E-state index in [0.717, 1.165) is 11.1 Å². The van der Waals surface area contributed by atoms with E-state index >= 15 is 0 Å². The van der Waals surface area contributed by atoms with Gasteiger partial charge >= 0.3 is 6.03 Å². The molecule has 3 aromatic rings. The van der Waals surface area contributed by atoms with Crippen LogP contribution in [0.3, 0.4) is 0 Å². The van der Waals surface area contributed by atoms with Crippen LogP contribution in [0.2, 0.25) is 0 Å². The van der Waals surface area contributed by atoms with Crippen LogP contribution in [0.5, 0.6) is 0 Å². The van der Waals surface area contributed by atoms with Crippen LogP contribution in [-0.4, -0.2) is 25.6 Å². The lowest BCUT2D eigenvalue weighted by Gasteiger charge is -2.08. The number of nitrogens with two attached hydrogens (primary N) is 1. The highest BCUT2D eigenvalue weighted by Gasteiger charge is 2.19. The second kappa shape index (κ2) is 5.56. The predicted molar refractivity (Wildman–Crippen MR) is 83.7 cm³/mol. The number of urea groups is 1. The zero-order valence-electron chi connectivity index (χ0n) is 12.6. The van der Waals surface area contributed by atoms with Crippen molar-refractivity contribution in [1.82, 2.24) is 19.6 Å². The van der Waals surface area contributed by atoms with E-state index in [2.05, 4.69) is 15.5 Å². The molecule has 0 bridgehead atoms. The first-order valence-corrected chi connectivity index (χ1v) is 6.86. The van der Waals surface area contributed by atoms with Gasteiger partial charge in [-0.15, -0.1) is 0 Å². The van der Waals surface area contributed by atoms with Crippen molar-refractivity contribution in [3.8, 4) is 16.9 Å².